The lowest BCUT2D eigenvalue weighted by Gasteiger charge is -1.95. The molecule has 0 aliphatic rings. The minimum Gasteiger partial charge on any atom is -0.481 e. The van der Waals surface area contributed by atoms with Crippen LogP contribution in [0.3, 0.4) is 0 Å². The maximum Gasteiger partial charge on any atom is 0.451 e. The lowest BCUT2D eigenvalue weighted by Crippen LogP contribution is -2.09. The Morgan fingerprint density at radius 3 is 2.30 bits per heavy atom. The summed E-state index contributed by atoms with van der Waals surface area (Å²) in [6, 6.07) is 0. The summed E-state index contributed by atoms with van der Waals surface area (Å²) in [7, 11) is -1.30. The fraction of sp³-hybridized carbons (Fsp3) is 0.800. The van der Waals surface area contributed by atoms with Crippen molar-refractivity contribution in [3.8, 4) is 0 Å². The third-order valence-corrected chi connectivity index (χ3v) is 1.10. The van der Waals surface area contributed by atoms with Gasteiger partial charge in [0.05, 0.1) is 0 Å². The predicted octanol–water partition coefficient (Wildman–Crippen LogP) is -0.286. The quantitative estimate of drug-likeness (QED) is 0.368. The molecule has 0 heterocycles. The van der Waals surface area contributed by atoms with Gasteiger partial charge in [0, 0.05) is 6.42 Å². The van der Waals surface area contributed by atoms with Gasteiger partial charge in [-0.25, -0.2) is 0 Å². The average Bonchev–Trinajstić information content (AvgIpc) is 1.79. The van der Waals surface area contributed by atoms with Crippen LogP contribution in [0.25, 0.3) is 0 Å². The first kappa shape index (κ1) is 9.45. The van der Waals surface area contributed by atoms with Gasteiger partial charge in [-0.1, -0.05) is 6.42 Å². The normalized spacial score (nSPS) is 9.40. The van der Waals surface area contributed by atoms with Crippen molar-refractivity contribution >= 4 is 13.1 Å². The highest BCUT2D eigenvalue weighted by Crippen LogP contribution is 2.00. The van der Waals surface area contributed by atoms with Crippen LogP contribution in [-0.2, 0) is 4.79 Å². The molecule has 0 saturated heterocycles. The average molecular weight is 146 g/mol. The number of carboxylic acids is 1. The zero-order valence-electron chi connectivity index (χ0n) is 5.66. The van der Waals surface area contributed by atoms with Crippen LogP contribution in [0.5, 0.6) is 0 Å². The largest absolute Gasteiger partial charge is 0.481 e. The Morgan fingerprint density at radius 2 is 1.90 bits per heavy atom. The molecule has 0 amide bonds. The van der Waals surface area contributed by atoms with Gasteiger partial charge >= 0.3 is 13.1 Å². The fourth-order valence-corrected chi connectivity index (χ4v) is 0.603. The standard InChI is InChI=1S/C5H11BO4/c7-5(8)3-1-2-4-6(9)10/h9-10H,1-4H2,(H,7,8). The van der Waals surface area contributed by atoms with E-state index in [9.17, 15) is 4.79 Å². The van der Waals surface area contributed by atoms with Crippen LogP contribution in [0.1, 0.15) is 19.3 Å². The monoisotopic (exact) mass is 146 g/mol. The van der Waals surface area contributed by atoms with Crippen molar-refractivity contribution in [3.63, 3.8) is 0 Å². The maximum absolute atomic E-state index is 9.92. The Balaban J connectivity index is 2.98. The van der Waals surface area contributed by atoms with Crippen molar-refractivity contribution in [2.24, 2.45) is 0 Å². The highest BCUT2D eigenvalue weighted by Gasteiger charge is 2.05. The van der Waals surface area contributed by atoms with E-state index in [4.69, 9.17) is 15.2 Å². The molecule has 0 aliphatic carbocycles. The lowest BCUT2D eigenvalue weighted by molar-refractivity contribution is -0.137. The van der Waals surface area contributed by atoms with E-state index in [1.807, 2.05) is 0 Å². The lowest BCUT2D eigenvalue weighted by atomic mass is 9.83. The first-order valence-corrected chi connectivity index (χ1v) is 3.21. The summed E-state index contributed by atoms with van der Waals surface area (Å²) in [5, 5.41) is 24.8. The third-order valence-electron chi connectivity index (χ3n) is 1.10. The zero-order valence-corrected chi connectivity index (χ0v) is 5.66. The second-order valence-corrected chi connectivity index (χ2v) is 2.12. The Bertz CT molecular complexity index is 104. The second kappa shape index (κ2) is 5.26. The van der Waals surface area contributed by atoms with E-state index in [0.717, 1.165) is 0 Å². The molecule has 10 heavy (non-hydrogen) atoms. The number of carboxylic acid groups (broad SMARTS) is 1. The van der Waals surface area contributed by atoms with Crippen molar-refractivity contribution in [1.82, 2.24) is 0 Å². The molecule has 0 aromatic carbocycles. The topological polar surface area (TPSA) is 77.8 Å². The summed E-state index contributed by atoms with van der Waals surface area (Å²) >= 11 is 0. The van der Waals surface area contributed by atoms with Crippen molar-refractivity contribution in [3.05, 3.63) is 0 Å². The SMILES string of the molecule is O=C(O)CCCCB(O)O. The Hall–Kier alpha value is -0.545. The van der Waals surface area contributed by atoms with Crippen molar-refractivity contribution < 1.29 is 19.9 Å². The van der Waals surface area contributed by atoms with Crippen LogP contribution in [0.4, 0.5) is 0 Å². The van der Waals surface area contributed by atoms with Gasteiger partial charge in [0.25, 0.3) is 0 Å². The number of aliphatic carboxylic acids is 1. The van der Waals surface area contributed by atoms with Gasteiger partial charge in [0.1, 0.15) is 0 Å². The molecule has 0 spiro atoms. The Labute approximate surface area is 59.6 Å². The summed E-state index contributed by atoms with van der Waals surface area (Å²) in [6.07, 6.45) is 1.41. The van der Waals surface area contributed by atoms with Crippen LogP contribution in [0.15, 0.2) is 0 Å². The number of hydrogen-bond donors (Lipinski definition) is 3. The summed E-state index contributed by atoms with van der Waals surface area (Å²) in [6.45, 7) is 0. The molecule has 0 radical (unpaired) electrons. The molecule has 0 atom stereocenters. The number of rotatable bonds is 5. The fourth-order valence-electron chi connectivity index (χ4n) is 0.603. The summed E-state index contributed by atoms with van der Waals surface area (Å²) in [4.78, 5) is 9.92. The van der Waals surface area contributed by atoms with Crippen molar-refractivity contribution in [1.29, 1.82) is 0 Å². The first-order valence-electron chi connectivity index (χ1n) is 3.21. The predicted molar refractivity (Wildman–Crippen MR) is 36.5 cm³/mol. The van der Waals surface area contributed by atoms with Gasteiger partial charge in [-0.15, -0.1) is 0 Å². The molecule has 0 saturated carbocycles. The van der Waals surface area contributed by atoms with Gasteiger partial charge in [-0.3, -0.25) is 4.79 Å². The number of hydrogen-bond acceptors (Lipinski definition) is 3. The van der Waals surface area contributed by atoms with Gasteiger partial charge in [-0.2, -0.15) is 0 Å². The van der Waals surface area contributed by atoms with Crippen molar-refractivity contribution in [2.75, 3.05) is 0 Å². The van der Waals surface area contributed by atoms with E-state index in [0.29, 0.717) is 12.8 Å². The molecule has 0 unspecified atom stereocenters. The molecule has 0 fully saturated rings. The van der Waals surface area contributed by atoms with E-state index in [-0.39, 0.29) is 12.7 Å². The molecule has 5 heteroatoms. The highest BCUT2D eigenvalue weighted by molar-refractivity contribution is 6.40. The molecule has 0 rings (SSSR count). The molecule has 0 aliphatic heterocycles. The van der Waals surface area contributed by atoms with Crippen LogP contribution in [0, 0.1) is 0 Å². The minimum absolute atomic E-state index is 0.104. The molecular weight excluding hydrogens is 135 g/mol. The van der Waals surface area contributed by atoms with Crippen molar-refractivity contribution in [2.45, 2.75) is 25.6 Å². The van der Waals surface area contributed by atoms with Crippen LogP contribution >= 0.6 is 0 Å². The van der Waals surface area contributed by atoms with Crippen LogP contribution in [0.2, 0.25) is 6.32 Å². The van der Waals surface area contributed by atoms with E-state index in [1.54, 1.807) is 0 Å². The minimum atomic E-state index is -1.30. The third kappa shape index (κ3) is 7.45. The smallest absolute Gasteiger partial charge is 0.451 e. The van der Waals surface area contributed by atoms with E-state index < -0.39 is 13.1 Å². The second-order valence-electron chi connectivity index (χ2n) is 2.12. The molecule has 0 bridgehead atoms. The van der Waals surface area contributed by atoms with E-state index >= 15 is 0 Å². The Kier molecular flexibility index (Phi) is 4.97. The van der Waals surface area contributed by atoms with E-state index in [1.165, 1.54) is 0 Å². The summed E-state index contributed by atoms with van der Waals surface area (Å²) < 4.78 is 0. The number of unbranched alkanes of at least 4 members (excludes halogenated alkanes) is 1. The molecule has 4 nitrogen and oxygen atoms in total. The zero-order chi connectivity index (χ0) is 7.98. The summed E-state index contributed by atoms with van der Waals surface area (Å²) in [5.74, 6) is -0.840. The highest BCUT2D eigenvalue weighted by atomic mass is 16.4. The molecule has 0 aromatic rings. The van der Waals surface area contributed by atoms with Gasteiger partial charge in [0.2, 0.25) is 0 Å². The van der Waals surface area contributed by atoms with Gasteiger partial charge in [-0.05, 0) is 12.7 Å². The molecule has 3 N–H and O–H groups in total. The van der Waals surface area contributed by atoms with Crippen LogP contribution in [-0.4, -0.2) is 28.2 Å². The van der Waals surface area contributed by atoms with Gasteiger partial charge in [0.15, 0.2) is 0 Å². The van der Waals surface area contributed by atoms with Crippen LogP contribution < -0.4 is 0 Å². The van der Waals surface area contributed by atoms with Gasteiger partial charge < -0.3 is 15.2 Å². The molecular formula is C5H11BO4. The summed E-state index contributed by atoms with van der Waals surface area (Å²) in [5.41, 5.74) is 0. The Morgan fingerprint density at radius 1 is 1.30 bits per heavy atom. The maximum atomic E-state index is 9.92. The number of carbonyl (C=O) groups is 1. The molecule has 0 aromatic heterocycles. The molecule has 58 valence electrons. The van der Waals surface area contributed by atoms with E-state index in [2.05, 4.69) is 0 Å². The first-order chi connectivity index (χ1) is 4.63.